The van der Waals surface area contributed by atoms with Gasteiger partial charge in [0.25, 0.3) is 0 Å². The second-order valence-electron chi connectivity index (χ2n) is 7.68. The lowest BCUT2D eigenvalue weighted by Gasteiger charge is -2.24. The summed E-state index contributed by atoms with van der Waals surface area (Å²) in [6, 6.07) is 2.83. The minimum atomic E-state index is -1.68. The van der Waals surface area contributed by atoms with Crippen LogP contribution < -0.4 is 33.2 Å². The molecular formula is C21H30N6O8. The van der Waals surface area contributed by atoms with Crippen molar-refractivity contribution in [2.75, 3.05) is 6.61 Å². The van der Waals surface area contributed by atoms with E-state index in [0.29, 0.717) is 5.56 Å². The molecule has 11 N–H and O–H groups in total. The summed E-state index contributed by atoms with van der Waals surface area (Å²) < 4.78 is 0. The lowest BCUT2D eigenvalue weighted by molar-refractivity contribution is -0.143. The van der Waals surface area contributed by atoms with Gasteiger partial charge in [-0.25, -0.2) is 4.79 Å². The van der Waals surface area contributed by atoms with Crippen LogP contribution in [0.5, 0.6) is 0 Å². The molecule has 0 fully saturated rings. The van der Waals surface area contributed by atoms with Gasteiger partial charge in [0.15, 0.2) is 0 Å². The number of rotatable bonds is 15. The molecule has 1 rings (SSSR count). The zero-order valence-corrected chi connectivity index (χ0v) is 18.8. The van der Waals surface area contributed by atoms with Gasteiger partial charge < -0.3 is 43.4 Å². The molecule has 0 saturated carbocycles. The number of hydrogen-bond donors (Lipinski definition) is 8. The fourth-order valence-corrected chi connectivity index (χ4v) is 2.91. The molecule has 14 heteroatoms. The molecule has 0 unspecified atom stereocenters. The highest BCUT2D eigenvalue weighted by molar-refractivity contribution is 5.96. The average molecular weight is 495 g/mol. The Morgan fingerprint density at radius 3 is 1.86 bits per heavy atom. The molecule has 0 radical (unpaired) electrons. The van der Waals surface area contributed by atoms with Gasteiger partial charge in [0.05, 0.1) is 19.1 Å². The van der Waals surface area contributed by atoms with E-state index in [0.717, 1.165) is 0 Å². The number of nitrogens with one attached hydrogen (secondary N) is 3. The van der Waals surface area contributed by atoms with E-state index in [4.69, 9.17) is 27.4 Å². The lowest BCUT2D eigenvalue weighted by Crippen LogP contribution is -2.58. The molecule has 14 nitrogen and oxygen atoms in total. The Balaban J connectivity index is 3.07. The summed E-state index contributed by atoms with van der Waals surface area (Å²) in [6.45, 7) is -0.936. The first-order valence-corrected chi connectivity index (χ1v) is 10.6. The molecule has 0 aliphatic heterocycles. The first kappa shape index (κ1) is 29.0. The van der Waals surface area contributed by atoms with Crippen LogP contribution in [0.1, 0.15) is 24.8 Å². The fourth-order valence-electron chi connectivity index (χ4n) is 2.91. The molecule has 5 amide bonds. The van der Waals surface area contributed by atoms with Crippen LogP contribution in [-0.2, 0) is 35.2 Å². The number of carboxylic acid groups (broad SMARTS) is 1. The highest BCUT2D eigenvalue weighted by Gasteiger charge is 2.31. The predicted octanol–water partition coefficient (Wildman–Crippen LogP) is -3.77. The molecule has 1 aromatic carbocycles. The van der Waals surface area contributed by atoms with E-state index in [1.807, 2.05) is 5.32 Å². The smallest absolute Gasteiger partial charge is 0.328 e. The van der Waals surface area contributed by atoms with Gasteiger partial charge in [0.2, 0.25) is 29.5 Å². The molecule has 0 aliphatic carbocycles. The number of carbonyl (C=O) groups is 6. The van der Waals surface area contributed by atoms with Crippen LogP contribution >= 0.6 is 0 Å². The number of benzene rings is 1. The number of nitrogens with two attached hydrogens (primary N) is 3. The third kappa shape index (κ3) is 10.6. The van der Waals surface area contributed by atoms with Gasteiger partial charge >= 0.3 is 5.97 Å². The summed E-state index contributed by atoms with van der Waals surface area (Å²) in [6.07, 6.45) is -0.925. The maximum Gasteiger partial charge on any atom is 0.328 e. The third-order valence-electron chi connectivity index (χ3n) is 4.79. The number of carboxylic acids is 1. The number of primary amides is 2. The Labute approximate surface area is 200 Å². The largest absolute Gasteiger partial charge is 0.480 e. The fraction of sp³-hybridized carbons (Fsp3) is 0.429. The number of aliphatic hydroxyl groups is 1. The zero-order chi connectivity index (χ0) is 26.5. The van der Waals surface area contributed by atoms with Gasteiger partial charge in [-0.2, -0.15) is 0 Å². The normalized spacial score (nSPS) is 14.0. The number of amides is 5. The Kier molecular flexibility index (Phi) is 11.8. The van der Waals surface area contributed by atoms with Gasteiger partial charge in [-0.3, -0.25) is 24.0 Å². The van der Waals surface area contributed by atoms with Crippen LogP contribution in [0.15, 0.2) is 30.3 Å². The molecule has 0 heterocycles. The molecule has 0 bridgehead atoms. The monoisotopic (exact) mass is 494 g/mol. The third-order valence-corrected chi connectivity index (χ3v) is 4.79. The highest BCUT2D eigenvalue weighted by atomic mass is 16.4. The summed E-state index contributed by atoms with van der Waals surface area (Å²) in [5, 5.41) is 24.8. The standard InChI is InChI=1S/C21H30N6O8/c22-12(6-7-16(23)29)18(31)25-13(8-11-4-2-1-3-5-11)19(32)26-14(9-17(24)30)20(33)27-15(10-28)21(34)35/h1-5,12-15,28H,6-10,22H2,(H2,23,29)(H2,24,30)(H,25,31)(H,26,32)(H,27,33)(H,34,35)/t12-,13-,14-,15-/m0/s1. The maximum absolute atomic E-state index is 13.0. The van der Waals surface area contributed by atoms with E-state index < -0.39 is 72.7 Å². The first-order chi connectivity index (χ1) is 16.4. The van der Waals surface area contributed by atoms with E-state index >= 15 is 0 Å². The highest BCUT2D eigenvalue weighted by Crippen LogP contribution is 2.06. The lowest BCUT2D eigenvalue weighted by atomic mass is 10.0. The quantitative estimate of drug-likeness (QED) is 0.119. The van der Waals surface area contributed by atoms with Gasteiger partial charge in [0.1, 0.15) is 18.1 Å². The molecule has 0 aromatic heterocycles. The average Bonchev–Trinajstić information content (AvgIpc) is 2.79. The first-order valence-electron chi connectivity index (χ1n) is 10.6. The van der Waals surface area contributed by atoms with Crippen LogP contribution in [0.4, 0.5) is 0 Å². The molecule has 0 saturated heterocycles. The molecule has 1 aromatic rings. The second kappa shape index (κ2) is 14.3. The van der Waals surface area contributed by atoms with Crippen LogP contribution in [0, 0.1) is 0 Å². The molecule has 0 spiro atoms. The summed E-state index contributed by atoms with van der Waals surface area (Å²) in [7, 11) is 0. The van der Waals surface area contributed by atoms with Crippen LogP contribution in [-0.4, -0.2) is 76.5 Å². The van der Waals surface area contributed by atoms with E-state index in [9.17, 15) is 28.8 Å². The summed E-state index contributed by atoms with van der Waals surface area (Å²) in [5.74, 6) is -5.90. The maximum atomic E-state index is 13.0. The molecule has 192 valence electrons. The van der Waals surface area contributed by atoms with Crippen molar-refractivity contribution in [3.63, 3.8) is 0 Å². The number of carbonyl (C=O) groups excluding carboxylic acids is 5. The van der Waals surface area contributed by atoms with Crippen LogP contribution in [0.2, 0.25) is 0 Å². The Morgan fingerprint density at radius 1 is 0.800 bits per heavy atom. The number of hydrogen-bond acceptors (Lipinski definition) is 8. The summed E-state index contributed by atoms with van der Waals surface area (Å²) >= 11 is 0. The Morgan fingerprint density at radius 2 is 1.34 bits per heavy atom. The van der Waals surface area contributed by atoms with Crippen molar-refractivity contribution < 1.29 is 39.0 Å². The minimum Gasteiger partial charge on any atom is -0.480 e. The number of aliphatic carboxylic acids is 1. The van der Waals surface area contributed by atoms with Crippen LogP contribution in [0.3, 0.4) is 0 Å². The van der Waals surface area contributed by atoms with Crippen molar-refractivity contribution in [1.29, 1.82) is 0 Å². The molecule has 4 atom stereocenters. The van der Waals surface area contributed by atoms with Gasteiger partial charge in [-0.15, -0.1) is 0 Å². The van der Waals surface area contributed by atoms with E-state index in [2.05, 4.69) is 10.6 Å². The summed E-state index contributed by atoms with van der Waals surface area (Å²) in [5.41, 5.74) is 16.6. The van der Waals surface area contributed by atoms with Crippen molar-refractivity contribution in [3.05, 3.63) is 35.9 Å². The van der Waals surface area contributed by atoms with Crippen molar-refractivity contribution in [1.82, 2.24) is 16.0 Å². The van der Waals surface area contributed by atoms with Crippen molar-refractivity contribution in [2.45, 2.75) is 49.9 Å². The van der Waals surface area contributed by atoms with Gasteiger partial charge in [-0.05, 0) is 12.0 Å². The van der Waals surface area contributed by atoms with Crippen LogP contribution in [0.25, 0.3) is 0 Å². The van der Waals surface area contributed by atoms with E-state index in [1.54, 1.807) is 30.3 Å². The zero-order valence-electron chi connectivity index (χ0n) is 18.8. The SMILES string of the molecule is NC(=O)CC[C@H](N)C(=O)N[C@@H](Cc1ccccc1)C(=O)N[C@@H](CC(N)=O)C(=O)N[C@@H](CO)C(=O)O. The summed E-state index contributed by atoms with van der Waals surface area (Å²) in [4.78, 5) is 71.5. The molecule has 0 aliphatic rings. The van der Waals surface area contributed by atoms with Crippen molar-refractivity contribution >= 4 is 35.5 Å². The second-order valence-corrected chi connectivity index (χ2v) is 7.68. The predicted molar refractivity (Wildman–Crippen MR) is 121 cm³/mol. The Bertz CT molecular complexity index is 926. The number of aliphatic hydroxyl groups excluding tert-OH is 1. The Hall–Kier alpha value is -4.04. The van der Waals surface area contributed by atoms with E-state index in [1.165, 1.54) is 0 Å². The van der Waals surface area contributed by atoms with Crippen molar-refractivity contribution in [2.24, 2.45) is 17.2 Å². The topological polar surface area (TPSA) is 257 Å². The molecular weight excluding hydrogens is 464 g/mol. The molecule has 35 heavy (non-hydrogen) atoms. The van der Waals surface area contributed by atoms with Gasteiger partial charge in [0, 0.05) is 12.8 Å². The van der Waals surface area contributed by atoms with Crippen molar-refractivity contribution in [3.8, 4) is 0 Å². The van der Waals surface area contributed by atoms with E-state index in [-0.39, 0.29) is 19.3 Å². The minimum absolute atomic E-state index is 0.0275. The van der Waals surface area contributed by atoms with Gasteiger partial charge in [-0.1, -0.05) is 30.3 Å².